The molecule has 7 heteroatoms. The van der Waals surface area contributed by atoms with Gasteiger partial charge in [-0.2, -0.15) is 0 Å². The van der Waals surface area contributed by atoms with Crippen molar-refractivity contribution in [1.29, 1.82) is 0 Å². The zero-order chi connectivity index (χ0) is 27.9. The zero-order valence-electron chi connectivity index (χ0n) is 24.0. The van der Waals surface area contributed by atoms with Crippen molar-refractivity contribution in [3.8, 4) is 0 Å². The van der Waals surface area contributed by atoms with E-state index in [0.29, 0.717) is 26.6 Å². The van der Waals surface area contributed by atoms with Crippen LogP contribution in [0.3, 0.4) is 0 Å². The molecule has 39 heavy (non-hydrogen) atoms. The number of carbonyl (C=O) groups is 1. The van der Waals surface area contributed by atoms with Crippen LogP contribution in [-0.2, 0) is 27.9 Å². The molecule has 0 aliphatic carbocycles. The lowest BCUT2D eigenvalue weighted by molar-refractivity contribution is -0.143. The number of carbonyl (C=O) groups excluding carboxylic acids is 1. The topological polar surface area (TPSA) is 59.8 Å². The summed E-state index contributed by atoms with van der Waals surface area (Å²) in [6, 6.07) is 18.4. The van der Waals surface area contributed by atoms with E-state index in [9.17, 15) is 4.79 Å². The Morgan fingerprint density at radius 1 is 1.05 bits per heavy atom. The number of anilines is 2. The van der Waals surface area contributed by atoms with Crippen molar-refractivity contribution < 1.29 is 14.3 Å². The number of esters is 1. The smallest absolute Gasteiger partial charge is 0.308 e. The van der Waals surface area contributed by atoms with Crippen molar-refractivity contribution in [3.63, 3.8) is 0 Å². The summed E-state index contributed by atoms with van der Waals surface area (Å²) in [6.07, 6.45) is 4.36. The van der Waals surface area contributed by atoms with Gasteiger partial charge in [0.2, 0.25) is 0 Å². The first-order valence-corrected chi connectivity index (χ1v) is 13.8. The SMILES string of the molecule is CC.CCOC(=O)C[C@H](c1ccccc1)N1COCN(Cc2cn(C)c3cccc(C)c23)c2cnc(C)cc21. The van der Waals surface area contributed by atoms with E-state index in [0.717, 1.165) is 22.6 Å². The standard InChI is InChI=1S/C30H34N4O3.C2H6/c1-5-37-29(35)15-26(23-11-7-6-8-12-23)34-20-36-19-33(28-16-31-22(3)14-27(28)34)18-24-17-32(4)25-13-9-10-21(2)30(24)25;1-2/h6-14,16-17,26H,5,15,18-20H2,1-4H3;1-2H3/t26-;/m1./s1. The molecule has 7 nitrogen and oxygen atoms in total. The number of rotatable bonds is 7. The molecule has 1 aliphatic heterocycles. The first-order chi connectivity index (χ1) is 19.0. The van der Waals surface area contributed by atoms with Crippen molar-refractivity contribution in [2.75, 3.05) is 29.9 Å². The Morgan fingerprint density at radius 3 is 2.56 bits per heavy atom. The van der Waals surface area contributed by atoms with Crippen LogP contribution in [0.2, 0.25) is 0 Å². The molecule has 2 aromatic heterocycles. The van der Waals surface area contributed by atoms with Crippen LogP contribution >= 0.6 is 0 Å². The van der Waals surface area contributed by atoms with Gasteiger partial charge in [0.15, 0.2) is 0 Å². The highest BCUT2D eigenvalue weighted by molar-refractivity contribution is 5.87. The van der Waals surface area contributed by atoms with Gasteiger partial charge in [-0.25, -0.2) is 0 Å². The molecular formula is C32H40N4O3. The normalized spacial score (nSPS) is 13.8. The van der Waals surface area contributed by atoms with E-state index in [2.05, 4.69) is 75.9 Å². The molecule has 5 rings (SSSR count). The largest absolute Gasteiger partial charge is 0.466 e. The summed E-state index contributed by atoms with van der Waals surface area (Å²) in [5, 5.41) is 1.28. The lowest BCUT2D eigenvalue weighted by Crippen LogP contribution is -2.32. The van der Waals surface area contributed by atoms with Gasteiger partial charge in [-0.3, -0.25) is 9.78 Å². The summed E-state index contributed by atoms with van der Waals surface area (Å²) >= 11 is 0. The third-order valence-corrected chi connectivity index (χ3v) is 7.01. The van der Waals surface area contributed by atoms with Gasteiger partial charge >= 0.3 is 5.97 Å². The van der Waals surface area contributed by atoms with Gasteiger partial charge in [-0.05, 0) is 49.6 Å². The molecular weight excluding hydrogens is 488 g/mol. The average molecular weight is 529 g/mol. The molecule has 0 fully saturated rings. The molecule has 0 saturated heterocycles. The van der Waals surface area contributed by atoms with E-state index in [1.54, 1.807) is 0 Å². The molecule has 0 saturated carbocycles. The number of hydrogen-bond acceptors (Lipinski definition) is 6. The summed E-state index contributed by atoms with van der Waals surface area (Å²) in [5.74, 6) is -0.226. The van der Waals surface area contributed by atoms with Crippen molar-refractivity contribution in [1.82, 2.24) is 9.55 Å². The highest BCUT2D eigenvalue weighted by atomic mass is 16.5. The minimum Gasteiger partial charge on any atom is -0.466 e. The van der Waals surface area contributed by atoms with E-state index < -0.39 is 0 Å². The van der Waals surface area contributed by atoms with E-state index in [-0.39, 0.29) is 18.4 Å². The van der Waals surface area contributed by atoms with Crippen LogP contribution in [0, 0.1) is 13.8 Å². The highest BCUT2D eigenvalue weighted by Crippen LogP contribution is 2.39. The summed E-state index contributed by atoms with van der Waals surface area (Å²) in [6.45, 7) is 11.8. The second-order valence-electron chi connectivity index (χ2n) is 9.61. The first-order valence-electron chi connectivity index (χ1n) is 13.8. The molecule has 0 N–H and O–H groups in total. The van der Waals surface area contributed by atoms with Gasteiger partial charge in [0.25, 0.3) is 0 Å². The number of pyridine rings is 1. The zero-order valence-corrected chi connectivity index (χ0v) is 24.0. The fraction of sp³-hybridized carbons (Fsp3) is 0.375. The molecule has 2 aromatic carbocycles. The summed E-state index contributed by atoms with van der Waals surface area (Å²) in [5.41, 5.74) is 7.65. The van der Waals surface area contributed by atoms with Crippen LogP contribution in [0.1, 0.15) is 55.6 Å². The van der Waals surface area contributed by atoms with Crippen LogP contribution in [0.25, 0.3) is 10.9 Å². The average Bonchev–Trinajstić information content (AvgIpc) is 3.16. The second kappa shape index (κ2) is 12.8. The minimum atomic E-state index is -0.236. The number of hydrogen-bond donors (Lipinski definition) is 0. The van der Waals surface area contributed by atoms with Crippen LogP contribution in [0.15, 0.2) is 67.0 Å². The third-order valence-electron chi connectivity index (χ3n) is 7.01. The van der Waals surface area contributed by atoms with E-state index in [4.69, 9.17) is 9.47 Å². The van der Waals surface area contributed by atoms with Crippen LogP contribution in [0.4, 0.5) is 11.4 Å². The molecule has 0 radical (unpaired) electrons. The van der Waals surface area contributed by atoms with Gasteiger partial charge < -0.3 is 23.8 Å². The summed E-state index contributed by atoms with van der Waals surface area (Å²) < 4.78 is 13.8. The van der Waals surface area contributed by atoms with Crippen molar-refractivity contribution in [2.45, 2.75) is 53.6 Å². The Morgan fingerprint density at radius 2 is 1.82 bits per heavy atom. The van der Waals surface area contributed by atoms with Crippen LogP contribution < -0.4 is 9.80 Å². The van der Waals surface area contributed by atoms with Crippen molar-refractivity contribution in [3.05, 3.63) is 89.4 Å². The maximum Gasteiger partial charge on any atom is 0.308 e. The molecule has 0 bridgehead atoms. The van der Waals surface area contributed by atoms with Gasteiger partial charge in [0, 0.05) is 36.4 Å². The van der Waals surface area contributed by atoms with Crippen molar-refractivity contribution >= 4 is 28.2 Å². The molecule has 1 aliphatic rings. The molecule has 0 spiro atoms. The Kier molecular flexibility index (Phi) is 9.25. The fourth-order valence-corrected chi connectivity index (χ4v) is 5.31. The second-order valence-corrected chi connectivity index (χ2v) is 9.61. The molecule has 206 valence electrons. The molecule has 4 aromatic rings. The first kappa shape index (κ1) is 28.2. The molecule has 1 atom stereocenters. The number of benzene rings is 2. The number of fused-ring (bicyclic) bond motifs is 2. The Bertz CT molecular complexity index is 1400. The van der Waals surface area contributed by atoms with Gasteiger partial charge in [-0.15, -0.1) is 0 Å². The Balaban J connectivity index is 0.00000172. The third kappa shape index (κ3) is 6.09. The van der Waals surface area contributed by atoms with Crippen molar-refractivity contribution in [2.24, 2.45) is 7.05 Å². The summed E-state index contributed by atoms with van der Waals surface area (Å²) in [4.78, 5) is 21.7. The number of ether oxygens (including phenoxy) is 2. The molecule has 0 amide bonds. The maximum atomic E-state index is 12.7. The number of nitrogens with zero attached hydrogens (tertiary/aromatic N) is 4. The van der Waals surface area contributed by atoms with E-state index >= 15 is 0 Å². The van der Waals surface area contributed by atoms with Gasteiger partial charge in [0.05, 0.1) is 36.6 Å². The minimum absolute atomic E-state index is 0.226. The Hall–Kier alpha value is -3.84. The lowest BCUT2D eigenvalue weighted by Gasteiger charge is -2.33. The highest BCUT2D eigenvalue weighted by Gasteiger charge is 2.30. The van der Waals surface area contributed by atoms with Crippen LogP contribution in [-0.4, -0.2) is 35.6 Å². The summed E-state index contributed by atoms with van der Waals surface area (Å²) in [7, 11) is 2.09. The fourth-order valence-electron chi connectivity index (χ4n) is 5.31. The van der Waals surface area contributed by atoms with Gasteiger partial charge in [-0.1, -0.05) is 56.3 Å². The molecule has 3 heterocycles. The monoisotopic (exact) mass is 528 g/mol. The maximum absolute atomic E-state index is 12.7. The predicted molar refractivity (Wildman–Crippen MR) is 158 cm³/mol. The van der Waals surface area contributed by atoms with E-state index in [1.165, 1.54) is 22.0 Å². The Labute approximate surface area is 232 Å². The quantitative estimate of drug-likeness (QED) is 0.250. The van der Waals surface area contributed by atoms with Gasteiger partial charge in [0.1, 0.15) is 13.5 Å². The van der Waals surface area contributed by atoms with Crippen LogP contribution in [0.5, 0.6) is 0 Å². The van der Waals surface area contributed by atoms with E-state index in [1.807, 2.05) is 52.1 Å². The number of aryl methyl sites for hydroxylation is 3. The lowest BCUT2D eigenvalue weighted by atomic mass is 10.0. The predicted octanol–water partition coefficient (Wildman–Crippen LogP) is 6.67. The number of aromatic nitrogens is 2. The molecule has 0 unspecified atom stereocenters.